The van der Waals surface area contributed by atoms with Gasteiger partial charge in [-0.05, 0) is 54.6 Å². The van der Waals surface area contributed by atoms with E-state index in [1.165, 1.54) is 34.9 Å². The van der Waals surface area contributed by atoms with E-state index in [0.717, 1.165) is 12.1 Å². The van der Waals surface area contributed by atoms with E-state index in [2.05, 4.69) is 0 Å². The number of ether oxygens (including phenoxy) is 1. The Balaban J connectivity index is 1.89. The van der Waals surface area contributed by atoms with Gasteiger partial charge in [-0.2, -0.15) is 13.2 Å². The lowest BCUT2D eigenvalue weighted by Gasteiger charge is -2.12. The highest BCUT2D eigenvalue weighted by molar-refractivity contribution is 6.30. The van der Waals surface area contributed by atoms with Crippen molar-refractivity contribution in [3.05, 3.63) is 88.6 Å². The van der Waals surface area contributed by atoms with Crippen molar-refractivity contribution < 1.29 is 37.7 Å². The molecule has 0 bridgehead atoms. The zero-order chi connectivity index (χ0) is 24.6. The molecule has 0 saturated carbocycles. The first-order valence-electron chi connectivity index (χ1n) is 9.78. The van der Waals surface area contributed by atoms with Crippen molar-refractivity contribution in [1.82, 2.24) is 4.57 Å². The highest BCUT2D eigenvalue weighted by Gasteiger charge is 2.31. The average molecular weight is 490 g/mol. The fourth-order valence-corrected chi connectivity index (χ4v) is 3.90. The largest absolute Gasteiger partial charge is 0.481 e. The van der Waals surface area contributed by atoms with Gasteiger partial charge in [0, 0.05) is 21.8 Å². The molecule has 10 heteroatoms. The van der Waals surface area contributed by atoms with Gasteiger partial charge in [-0.1, -0.05) is 23.7 Å². The summed E-state index contributed by atoms with van der Waals surface area (Å²) in [5.41, 5.74) is -0.325. The molecule has 0 amide bonds. The second-order valence-corrected chi connectivity index (χ2v) is 7.76. The van der Waals surface area contributed by atoms with Gasteiger partial charge >= 0.3 is 18.1 Å². The van der Waals surface area contributed by atoms with Crippen molar-refractivity contribution in [2.24, 2.45) is 0 Å². The predicted molar refractivity (Wildman–Crippen MR) is 118 cm³/mol. The van der Waals surface area contributed by atoms with Crippen molar-refractivity contribution in [3.63, 3.8) is 0 Å². The molecule has 2 N–H and O–H groups in total. The molecular formula is C24H15ClF3NO5. The zero-order valence-corrected chi connectivity index (χ0v) is 17.9. The lowest BCUT2D eigenvalue weighted by atomic mass is 10.1. The minimum Gasteiger partial charge on any atom is -0.481 e. The molecule has 3 aromatic carbocycles. The SMILES string of the molecule is O=C(O)Cc1c(C(=O)O)c2cc(Oc3cccc(C(F)(F)F)c3)ccc2n1-c1cccc(Cl)c1. The van der Waals surface area contributed by atoms with E-state index in [-0.39, 0.29) is 28.1 Å². The number of alkyl halides is 3. The standard InChI is InChI=1S/C24H15ClF3NO5/c25-14-4-2-5-15(10-14)29-19-8-7-17(34-16-6-1-3-13(9-16)24(26,27)28)11-18(19)22(23(32)33)20(29)12-21(30)31/h1-11H,12H2,(H,30,31)(H,32,33). The summed E-state index contributed by atoms with van der Waals surface area (Å²) in [5.74, 6) is -2.61. The Morgan fingerprint density at radius 2 is 1.65 bits per heavy atom. The number of aromatic carboxylic acids is 1. The second kappa shape index (κ2) is 8.75. The Labute approximate surface area is 195 Å². The van der Waals surface area contributed by atoms with E-state index in [1.54, 1.807) is 24.3 Å². The first kappa shape index (κ1) is 23.2. The number of aromatic nitrogens is 1. The van der Waals surface area contributed by atoms with Gasteiger partial charge in [-0.25, -0.2) is 4.79 Å². The van der Waals surface area contributed by atoms with Crippen molar-refractivity contribution >= 4 is 34.4 Å². The van der Waals surface area contributed by atoms with Crippen LogP contribution in [0.5, 0.6) is 11.5 Å². The molecule has 4 aromatic rings. The summed E-state index contributed by atoms with van der Waals surface area (Å²) >= 11 is 6.09. The molecule has 0 atom stereocenters. The van der Waals surface area contributed by atoms with Crippen LogP contribution in [0.15, 0.2) is 66.7 Å². The van der Waals surface area contributed by atoms with E-state index >= 15 is 0 Å². The minimum absolute atomic E-state index is 0.00786. The molecule has 0 unspecified atom stereocenters. The fourth-order valence-electron chi connectivity index (χ4n) is 3.72. The van der Waals surface area contributed by atoms with Crippen molar-refractivity contribution in [3.8, 4) is 17.2 Å². The van der Waals surface area contributed by atoms with Crippen LogP contribution in [0.25, 0.3) is 16.6 Å². The average Bonchev–Trinajstić information content (AvgIpc) is 3.05. The Morgan fingerprint density at radius 1 is 0.941 bits per heavy atom. The van der Waals surface area contributed by atoms with Gasteiger partial charge in [0.25, 0.3) is 0 Å². The number of nitrogens with zero attached hydrogens (tertiary/aromatic N) is 1. The maximum absolute atomic E-state index is 13.0. The molecule has 0 aliphatic rings. The van der Waals surface area contributed by atoms with Gasteiger partial charge in [-0.3, -0.25) is 4.79 Å². The number of hydrogen-bond acceptors (Lipinski definition) is 3. The predicted octanol–water partition coefficient (Wildman–Crippen LogP) is 6.42. The molecule has 4 rings (SSSR count). The van der Waals surface area contributed by atoms with Gasteiger partial charge in [0.05, 0.1) is 23.1 Å². The van der Waals surface area contributed by atoms with Crippen LogP contribution in [0.3, 0.4) is 0 Å². The van der Waals surface area contributed by atoms with E-state index < -0.39 is 30.1 Å². The van der Waals surface area contributed by atoms with Crippen LogP contribution in [0.1, 0.15) is 21.6 Å². The molecule has 0 saturated heterocycles. The van der Waals surface area contributed by atoms with Gasteiger partial charge in [0.15, 0.2) is 0 Å². The lowest BCUT2D eigenvalue weighted by Crippen LogP contribution is -2.11. The zero-order valence-electron chi connectivity index (χ0n) is 17.1. The third kappa shape index (κ3) is 4.55. The van der Waals surface area contributed by atoms with Crippen LogP contribution in [0, 0.1) is 0 Å². The topological polar surface area (TPSA) is 88.8 Å². The summed E-state index contributed by atoms with van der Waals surface area (Å²) in [4.78, 5) is 23.7. The molecule has 6 nitrogen and oxygen atoms in total. The fraction of sp³-hybridized carbons (Fsp3) is 0.0833. The van der Waals surface area contributed by atoms with E-state index in [4.69, 9.17) is 16.3 Å². The summed E-state index contributed by atoms with van der Waals surface area (Å²) in [6.07, 6.45) is -5.15. The van der Waals surface area contributed by atoms with Crippen LogP contribution < -0.4 is 4.74 Å². The lowest BCUT2D eigenvalue weighted by molar-refractivity contribution is -0.138. The number of benzene rings is 3. The van der Waals surface area contributed by atoms with Crippen LogP contribution in [-0.4, -0.2) is 26.7 Å². The summed E-state index contributed by atoms with van der Waals surface area (Å²) < 4.78 is 46.1. The van der Waals surface area contributed by atoms with Crippen molar-refractivity contribution in [2.75, 3.05) is 0 Å². The van der Waals surface area contributed by atoms with Crippen LogP contribution in [0.2, 0.25) is 5.02 Å². The highest BCUT2D eigenvalue weighted by atomic mass is 35.5. The maximum atomic E-state index is 13.0. The van der Waals surface area contributed by atoms with E-state index in [1.807, 2.05) is 0 Å². The van der Waals surface area contributed by atoms with Gasteiger partial charge in [-0.15, -0.1) is 0 Å². The van der Waals surface area contributed by atoms with E-state index in [9.17, 15) is 33.0 Å². The summed E-state index contributed by atoms with van der Waals surface area (Å²) in [7, 11) is 0. The van der Waals surface area contributed by atoms with Gasteiger partial charge in [0.1, 0.15) is 11.5 Å². The van der Waals surface area contributed by atoms with Crippen LogP contribution >= 0.6 is 11.6 Å². The quantitative estimate of drug-likeness (QED) is 0.326. The second-order valence-electron chi connectivity index (χ2n) is 7.32. The molecule has 1 heterocycles. The molecule has 0 aliphatic carbocycles. The van der Waals surface area contributed by atoms with Gasteiger partial charge < -0.3 is 19.5 Å². The smallest absolute Gasteiger partial charge is 0.416 e. The number of aliphatic carboxylic acids is 1. The number of rotatable bonds is 6. The van der Waals surface area contributed by atoms with Crippen molar-refractivity contribution in [2.45, 2.75) is 12.6 Å². The number of carboxylic acids is 2. The Bertz CT molecular complexity index is 1430. The number of fused-ring (bicyclic) bond motifs is 1. The monoisotopic (exact) mass is 489 g/mol. The minimum atomic E-state index is -4.56. The summed E-state index contributed by atoms with van der Waals surface area (Å²) in [6.45, 7) is 0. The molecule has 0 aliphatic heterocycles. The molecule has 0 spiro atoms. The third-order valence-corrected chi connectivity index (χ3v) is 5.27. The Hall–Kier alpha value is -3.98. The Kier molecular flexibility index (Phi) is 5.97. The van der Waals surface area contributed by atoms with Crippen molar-refractivity contribution in [1.29, 1.82) is 0 Å². The van der Waals surface area contributed by atoms with Crippen LogP contribution in [-0.2, 0) is 17.4 Å². The molecule has 34 heavy (non-hydrogen) atoms. The van der Waals surface area contributed by atoms with E-state index in [0.29, 0.717) is 16.2 Å². The Morgan fingerprint density at radius 3 is 2.29 bits per heavy atom. The maximum Gasteiger partial charge on any atom is 0.416 e. The molecular weight excluding hydrogens is 475 g/mol. The normalized spacial score (nSPS) is 11.5. The molecule has 174 valence electrons. The number of carbonyl (C=O) groups is 2. The third-order valence-electron chi connectivity index (χ3n) is 5.03. The summed E-state index contributed by atoms with van der Waals surface area (Å²) in [6, 6.07) is 15.1. The molecule has 0 fully saturated rings. The van der Waals surface area contributed by atoms with Crippen LogP contribution in [0.4, 0.5) is 13.2 Å². The molecule has 0 radical (unpaired) electrons. The molecule has 1 aromatic heterocycles. The first-order chi connectivity index (χ1) is 16.0. The number of halogens is 4. The first-order valence-corrected chi connectivity index (χ1v) is 10.2. The number of hydrogen-bond donors (Lipinski definition) is 2. The highest BCUT2D eigenvalue weighted by Crippen LogP contribution is 2.36. The summed E-state index contributed by atoms with van der Waals surface area (Å²) in [5, 5.41) is 19.8. The van der Waals surface area contributed by atoms with Gasteiger partial charge in [0.2, 0.25) is 0 Å². The number of carboxylic acid groups (broad SMARTS) is 2.